The van der Waals surface area contributed by atoms with Crippen molar-refractivity contribution < 1.29 is 18.3 Å². The highest BCUT2D eigenvalue weighted by Crippen LogP contribution is 2.25. The lowest BCUT2D eigenvalue weighted by Gasteiger charge is -2.10. The smallest absolute Gasteiger partial charge is 0.229 e. The van der Waals surface area contributed by atoms with Gasteiger partial charge in [0.1, 0.15) is 17.4 Å². The van der Waals surface area contributed by atoms with E-state index in [4.69, 9.17) is 4.74 Å². The Labute approximate surface area is 115 Å². The minimum Gasteiger partial charge on any atom is -0.495 e. The Kier molecular flexibility index (Phi) is 4.30. The lowest BCUT2D eigenvalue weighted by molar-refractivity contribution is -0.115. The fraction of sp³-hybridized carbons (Fsp3) is 0.133. The fourth-order valence-electron chi connectivity index (χ4n) is 1.79. The lowest BCUT2D eigenvalue weighted by atomic mass is 10.1. The van der Waals surface area contributed by atoms with Gasteiger partial charge >= 0.3 is 0 Å². The second-order valence-electron chi connectivity index (χ2n) is 4.16. The molecule has 0 aliphatic carbocycles. The van der Waals surface area contributed by atoms with Gasteiger partial charge in [-0.1, -0.05) is 18.2 Å². The van der Waals surface area contributed by atoms with Crippen molar-refractivity contribution in [3.63, 3.8) is 0 Å². The van der Waals surface area contributed by atoms with Gasteiger partial charge in [0.15, 0.2) is 0 Å². The van der Waals surface area contributed by atoms with Crippen LogP contribution in [0, 0.1) is 11.6 Å². The van der Waals surface area contributed by atoms with E-state index in [1.54, 1.807) is 12.1 Å². The van der Waals surface area contributed by atoms with Gasteiger partial charge in [0.25, 0.3) is 0 Å². The van der Waals surface area contributed by atoms with E-state index in [0.717, 1.165) is 6.07 Å². The van der Waals surface area contributed by atoms with Gasteiger partial charge in [-0.2, -0.15) is 0 Å². The first-order chi connectivity index (χ1) is 9.60. The molecule has 0 spiro atoms. The standard InChI is InChI=1S/C15H13F2NO2/c1-20-14-7-6-11(16)9-13(14)18-15(19)8-10-4-2-3-5-12(10)17/h2-7,9H,8H2,1H3,(H,18,19). The molecule has 0 aliphatic rings. The Morgan fingerprint density at radius 3 is 2.65 bits per heavy atom. The quantitative estimate of drug-likeness (QED) is 0.932. The molecule has 0 fully saturated rings. The van der Waals surface area contributed by atoms with E-state index in [2.05, 4.69) is 5.32 Å². The van der Waals surface area contributed by atoms with Crippen molar-refractivity contribution in [3.8, 4) is 5.75 Å². The maximum absolute atomic E-state index is 13.4. The van der Waals surface area contributed by atoms with Crippen molar-refractivity contribution in [2.24, 2.45) is 0 Å². The van der Waals surface area contributed by atoms with Gasteiger partial charge in [-0.15, -0.1) is 0 Å². The summed E-state index contributed by atoms with van der Waals surface area (Å²) in [7, 11) is 1.42. The normalized spacial score (nSPS) is 10.2. The summed E-state index contributed by atoms with van der Waals surface area (Å²) in [6, 6.07) is 9.79. The second-order valence-corrected chi connectivity index (χ2v) is 4.16. The van der Waals surface area contributed by atoms with Crippen molar-refractivity contribution in [1.29, 1.82) is 0 Å². The summed E-state index contributed by atoms with van der Waals surface area (Å²) in [6.45, 7) is 0. The Morgan fingerprint density at radius 1 is 1.20 bits per heavy atom. The van der Waals surface area contributed by atoms with E-state index in [1.807, 2.05) is 0 Å². The molecule has 20 heavy (non-hydrogen) atoms. The number of benzene rings is 2. The van der Waals surface area contributed by atoms with Crippen LogP contribution in [0.3, 0.4) is 0 Å². The van der Waals surface area contributed by atoms with Crippen LogP contribution in [-0.4, -0.2) is 13.0 Å². The molecular weight excluding hydrogens is 264 g/mol. The number of carbonyl (C=O) groups is 1. The summed E-state index contributed by atoms with van der Waals surface area (Å²) in [5.74, 6) is -1.05. The molecule has 1 N–H and O–H groups in total. The minimum absolute atomic E-state index is 0.133. The van der Waals surface area contributed by atoms with Crippen molar-refractivity contribution >= 4 is 11.6 Å². The monoisotopic (exact) mass is 277 g/mol. The van der Waals surface area contributed by atoms with Crippen LogP contribution in [0.15, 0.2) is 42.5 Å². The maximum atomic E-state index is 13.4. The van der Waals surface area contributed by atoms with E-state index >= 15 is 0 Å². The molecule has 104 valence electrons. The van der Waals surface area contributed by atoms with Gasteiger partial charge in [-0.05, 0) is 23.8 Å². The van der Waals surface area contributed by atoms with Gasteiger partial charge in [-0.25, -0.2) is 8.78 Å². The molecular formula is C15H13F2NO2. The van der Waals surface area contributed by atoms with Crippen LogP contribution < -0.4 is 10.1 Å². The number of nitrogens with one attached hydrogen (secondary N) is 1. The first-order valence-corrected chi connectivity index (χ1v) is 5.97. The maximum Gasteiger partial charge on any atom is 0.229 e. The molecule has 0 aromatic heterocycles. The van der Waals surface area contributed by atoms with Crippen LogP contribution in [0.2, 0.25) is 0 Å². The number of carbonyl (C=O) groups excluding carboxylic acids is 1. The largest absolute Gasteiger partial charge is 0.495 e. The SMILES string of the molecule is COc1ccc(F)cc1NC(=O)Cc1ccccc1F. The van der Waals surface area contributed by atoms with Crippen LogP contribution in [0.1, 0.15) is 5.56 Å². The number of ether oxygens (including phenoxy) is 1. The van der Waals surface area contributed by atoms with Crippen LogP contribution >= 0.6 is 0 Å². The van der Waals surface area contributed by atoms with E-state index in [9.17, 15) is 13.6 Å². The first kappa shape index (κ1) is 14.0. The molecule has 0 atom stereocenters. The van der Waals surface area contributed by atoms with Gasteiger partial charge in [0, 0.05) is 6.07 Å². The molecule has 0 heterocycles. The highest BCUT2D eigenvalue weighted by Gasteiger charge is 2.11. The number of hydrogen-bond donors (Lipinski definition) is 1. The fourth-order valence-corrected chi connectivity index (χ4v) is 1.79. The minimum atomic E-state index is -0.494. The van der Waals surface area contributed by atoms with Crippen molar-refractivity contribution in [3.05, 3.63) is 59.7 Å². The predicted molar refractivity (Wildman–Crippen MR) is 71.7 cm³/mol. The third kappa shape index (κ3) is 3.32. The molecule has 2 aromatic rings. The second kappa shape index (κ2) is 6.14. The van der Waals surface area contributed by atoms with Gasteiger partial charge < -0.3 is 10.1 Å². The molecule has 0 unspecified atom stereocenters. The van der Waals surface area contributed by atoms with Crippen LogP contribution in [0.4, 0.5) is 14.5 Å². The van der Waals surface area contributed by atoms with Crippen molar-refractivity contribution in [1.82, 2.24) is 0 Å². The van der Waals surface area contributed by atoms with E-state index in [-0.39, 0.29) is 17.7 Å². The van der Waals surface area contributed by atoms with Gasteiger partial charge in [-0.3, -0.25) is 4.79 Å². The van der Waals surface area contributed by atoms with Crippen LogP contribution in [0.25, 0.3) is 0 Å². The Bertz CT molecular complexity index is 629. The predicted octanol–water partition coefficient (Wildman–Crippen LogP) is 3.15. The zero-order chi connectivity index (χ0) is 14.5. The van der Waals surface area contributed by atoms with Crippen molar-refractivity contribution in [2.75, 3.05) is 12.4 Å². The number of rotatable bonds is 4. The molecule has 2 rings (SSSR count). The summed E-state index contributed by atoms with van der Waals surface area (Å²) in [4.78, 5) is 11.9. The van der Waals surface area contributed by atoms with Crippen LogP contribution in [0.5, 0.6) is 5.75 Å². The zero-order valence-corrected chi connectivity index (χ0v) is 10.8. The highest BCUT2D eigenvalue weighted by molar-refractivity contribution is 5.93. The van der Waals surface area contributed by atoms with Crippen LogP contribution in [-0.2, 0) is 11.2 Å². The first-order valence-electron chi connectivity index (χ1n) is 5.97. The summed E-state index contributed by atoms with van der Waals surface area (Å²) in [5.41, 5.74) is 0.495. The Balaban J connectivity index is 2.12. The number of anilines is 1. The zero-order valence-electron chi connectivity index (χ0n) is 10.8. The lowest BCUT2D eigenvalue weighted by Crippen LogP contribution is -2.16. The average Bonchev–Trinajstić information content (AvgIpc) is 2.41. The molecule has 5 heteroatoms. The number of halogens is 2. The number of hydrogen-bond acceptors (Lipinski definition) is 2. The van der Waals surface area contributed by atoms with E-state index in [1.165, 1.54) is 31.4 Å². The molecule has 2 aromatic carbocycles. The summed E-state index contributed by atoms with van der Waals surface area (Å²) < 4.78 is 31.6. The Hall–Kier alpha value is -2.43. The molecule has 0 aliphatic heterocycles. The summed E-state index contributed by atoms with van der Waals surface area (Å²) in [5, 5.41) is 2.51. The molecule has 0 radical (unpaired) electrons. The summed E-state index contributed by atoms with van der Waals surface area (Å²) in [6.07, 6.45) is -0.133. The average molecular weight is 277 g/mol. The number of methoxy groups -OCH3 is 1. The molecule has 0 saturated heterocycles. The molecule has 0 bridgehead atoms. The molecule has 0 saturated carbocycles. The molecule has 3 nitrogen and oxygen atoms in total. The van der Waals surface area contributed by atoms with Gasteiger partial charge in [0.05, 0.1) is 19.2 Å². The van der Waals surface area contributed by atoms with Gasteiger partial charge in [0.2, 0.25) is 5.91 Å². The Morgan fingerprint density at radius 2 is 1.95 bits per heavy atom. The third-order valence-electron chi connectivity index (χ3n) is 2.74. The molecule has 1 amide bonds. The highest BCUT2D eigenvalue weighted by atomic mass is 19.1. The third-order valence-corrected chi connectivity index (χ3v) is 2.74. The summed E-state index contributed by atoms with van der Waals surface area (Å²) >= 11 is 0. The van der Waals surface area contributed by atoms with Crippen molar-refractivity contribution in [2.45, 2.75) is 6.42 Å². The van der Waals surface area contributed by atoms with E-state index < -0.39 is 17.5 Å². The van der Waals surface area contributed by atoms with E-state index in [0.29, 0.717) is 5.75 Å². The number of amides is 1. The topological polar surface area (TPSA) is 38.3 Å².